The molecule has 0 bridgehead atoms. The maximum atomic E-state index is 5.68. The molecule has 2 aromatic carbocycles. The molecule has 0 unspecified atom stereocenters. The Kier molecular flexibility index (Phi) is 17.0. The Labute approximate surface area is 210 Å². The summed E-state index contributed by atoms with van der Waals surface area (Å²) in [6, 6.07) is 20.7. The summed E-state index contributed by atoms with van der Waals surface area (Å²) in [5, 5.41) is 0. The number of benzene rings is 2. The first kappa shape index (κ1) is 30.0. The molecule has 5 heteroatoms. The summed E-state index contributed by atoms with van der Waals surface area (Å²) < 4.78 is 5.68. The highest BCUT2D eigenvalue weighted by molar-refractivity contribution is 5.46. The summed E-state index contributed by atoms with van der Waals surface area (Å²) >= 11 is 0. The van der Waals surface area contributed by atoms with Gasteiger partial charge in [0.2, 0.25) is 0 Å². The van der Waals surface area contributed by atoms with Gasteiger partial charge in [0.25, 0.3) is 0 Å². The molecule has 2 fully saturated rings. The Morgan fingerprint density at radius 2 is 1.09 bits per heavy atom. The highest BCUT2D eigenvalue weighted by Crippen LogP contribution is 2.14. The van der Waals surface area contributed by atoms with E-state index in [1.165, 1.54) is 45.0 Å². The van der Waals surface area contributed by atoms with Crippen LogP contribution in [0.3, 0.4) is 0 Å². The third-order valence-electron chi connectivity index (χ3n) is 5.85. The molecule has 2 saturated heterocycles. The second kappa shape index (κ2) is 19.2. The number of hydrogen-bond donors (Lipinski definition) is 0. The minimum absolute atomic E-state index is 0.816. The van der Waals surface area contributed by atoms with Gasteiger partial charge in [0.1, 0.15) is 5.75 Å². The van der Waals surface area contributed by atoms with Crippen molar-refractivity contribution < 1.29 is 4.74 Å². The van der Waals surface area contributed by atoms with Crippen LogP contribution in [0.1, 0.15) is 34.1 Å². The normalized spacial score (nSPS) is 16.7. The van der Waals surface area contributed by atoms with Gasteiger partial charge in [0.05, 0.1) is 6.61 Å². The molecule has 34 heavy (non-hydrogen) atoms. The molecular formula is C29H50N4O. The van der Waals surface area contributed by atoms with Gasteiger partial charge in [-0.1, -0.05) is 64.1 Å². The van der Waals surface area contributed by atoms with Crippen molar-refractivity contribution in [2.24, 2.45) is 0 Å². The van der Waals surface area contributed by atoms with E-state index in [2.05, 4.69) is 64.0 Å². The summed E-state index contributed by atoms with van der Waals surface area (Å²) in [6.07, 6.45) is 1.11. The summed E-state index contributed by atoms with van der Waals surface area (Å²) in [5.74, 6) is 0.978. The third-order valence-corrected chi connectivity index (χ3v) is 5.85. The first-order valence-electron chi connectivity index (χ1n) is 13.3. The van der Waals surface area contributed by atoms with Gasteiger partial charge in [-0.15, -0.1) is 0 Å². The largest absolute Gasteiger partial charge is 0.494 e. The van der Waals surface area contributed by atoms with E-state index in [9.17, 15) is 0 Å². The Balaban J connectivity index is 0.000000304. The number of ether oxygens (including phenoxy) is 1. The predicted molar refractivity (Wildman–Crippen MR) is 149 cm³/mol. The summed E-state index contributed by atoms with van der Waals surface area (Å²) in [5.41, 5.74) is 1.36. The standard InChI is InChI=1S/C14H22N2O.C11H16N2.2C2H6/c1-15-9-11-16(12-10-15)8-5-13-17-14-6-3-2-4-7-14;1-12-7-9-13(10-8-12)11-5-3-2-4-6-11;2*1-2/h2-4,6-7H,5,8-13H2,1H3;2-6H,7-10H2,1H3;2*1-2H3. The molecule has 2 aliphatic rings. The van der Waals surface area contributed by atoms with Gasteiger partial charge in [-0.2, -0.15) is 0 Å². The number of likely N-dealkylation sites (N-methyl/N-ethyl adjacent to an activating group) is 2. The molecule has 2 heterocycles. The van der Waals surface area contributed by atoms with Crippen LogP contribution in [-0.4, -0.2) is 94.3 Å². The zero-order valence-electron chi connectivity index (χ0n) is 22.7. The van der Waals surface area contributed by atoms with E-state index in [4.69, 9.17) is 4.74 Å². The van der Waals surface area contributed by atoms with E-state index in [1.54, 1.807) is 0 Å². The van der Waals surface area contributed by atoms with Crippen molar-refractivity contribution in [2.45, 2.75) is 34.1 Å². The van der Waals surface area contributed by atoms with Gasteiger partial charge in [0.15, 0.2) is 0 Å². The van der Waals surface area contributed by atoms with E-state index >= 15 is 0 Å². The lowest BCUT2D eigenvalue weighted by Gasteiger charge is -2.33. The molecule has 0 atom stereocenters. The van der Waals surface area contributed by atoms with Crippen molar-refractivity contribution >= 4 is 5.69 Å². The van der Waals surface area contributed by atoms with Crippen LogP contribution in [0.2, 0.25) is 0 Å². The van der Waals surface area contributed by atoms with Crippen LogP contribution in [0.15, 0.2) is 60.7 Å². The molecule has 0 spiro atoms. The number of hydrogen-bond acceptors (Lipinski definition) is 5. The lowest BCUT2D eigenvalue weighted by atomic mass is 10.2. The molecule has 2 aromatic rings. The molecule has 0 amide bonds. The van der Waals surface area contributed by atoms with E-state index in [-0.39, 0.29) is 0 Å². The minimum Gasteiger partial charge on any atom is -0.494 e. The molecule has 0 aromatic heterocycles. The number of nitrogens with zero attached hydrogens (tertiary/aromatic N) is 4. The van der Waals surface area contributed by atoms with E-state index in [0.717, 1.165) is 38.4 Å². The van der Waals surface area contributed by atoms with Gasteiger partial charge in [-0.05, 0) is 44.8 Å². The molecule has 0 N–H and O–H groups in total. The number of anilines is 1. The van der Waals surface area contributed by atoms with Crippen molar-refractivity contribution in [3.8, 4) is 5.75 Å². The molecule has 0 aliphatic carbocycles. The zero-order chi connectivity index (χ0) is 25.0. The quantitative estimate of drug-likeness (QED) is 0.540. The first-order chi connectivity index (χ1) is 16.7. The molecule has 4 rings (SSSR count). The van der Waals surface area contributed by atoms with Gasteiger partial charge in [-0.3, -0.25) is 0 Å². The Morgan fingerprint density at radius 3 is 1.62 bits per heavy atom. The van der Waals surface area contributed by atoms with Gasteiger partial charge >= 0.3 is 0 Å². The third kappa shape index (κ3) is 12.4. The maximum Gasteiger partial charge on any atom is 0.119 e. The highest BCUT2D eigenvalue weighted by Gasteiger charge is 2.13. The fourth-order valence-electron chi connectivity index (χ4n) is 3.77. The van der Waals surface area contributed by atoms with Crippen molar-refractivity contribution in [1.29, 1.82) is 0 Å². The fourth-order valence-corrected chi connectivity index (χ4v) is 3.77. The topological polar surface area (TPSA) is 22.2 Å². The lowest BCUT2D eigenvalue weighted by molar-refractivity contribution is 0.145. The fraction of sp³-hybridized carbons (Fsp3) is 0.586. The van der Waals surface area contributed by atoms with Crippen LogP contribution in [-0.2, 0) is 0 Å². The second-order valence-electron chi connectivity index (χ2n) is 8.29. The average molecular weight is 471 g/mol. The Bertz CT molecular complexity index is 682. The molecule has 0 saturated carbocycles. The van der Waals surface area contributed by atoms with Crippen LogP contribution in [0.5, 0.6) is 5.75 Å². The Morgan fingerprint density at radius 1 is 0.618 bits per heavy atom. The minimum atomic E-state index is 0.816. The predicted octanol–water partition coefficient (Wildman–Crippen LogP) is 5.19. The summed E-state index contributed by atoms with van der Waals surface area (Å²) in [7, 11) is 4.37. The van der Waals surface area contributed by atoms with Gasteiger partial charge in [-0.25, -0.2) is 0 Å². The van der Waals surface area contributed by atoms with Crippen molar-refractivity contribution in [3.63, 3.8) is 0 Å². The van der Waals surface area contributed by atoms with Crippen LogP contribution < -0.4 is 9.64 Å². The molecule has 5 nitrogen and oxygen atoms in total. The lowest BCUT2D eigenvalue weighted by Crippen LogP contribution is -2.44. The van der Waals surface area contributed by atoms with Crippen molar-refractivity contribution in [2.75, 3.05) is 84.5 Å². The second-order valence-corrected chi connectivity index (χ2v) is 8.29. The number of para-hydroxylation sites is 2. The van der Waals surface area contributed by atoms with Gasteiger partial charge < -0.3 is 24.3 Å². The number of piperazine rings is 2. The van der Waals surface area contributed by atoms with Gasteiger partial charge in [0, 0.05) is 64.6 Å². The molecular weight excluding hydrogens is 420 g/mol. The highest BCUT2D eigenvalue weighted by atomic mass is 16.5. The Hall–Kier alpha value is -2.08. The van der Waals surface area contributed by atoms with Crippen molar-refractivity contribution in [3.05, 3.63) is 60.7 Å². The monoisotopic (exact) mass is 470 g/mol. The van der Waals surface area contributed by atoms with Crippen LogP contribution in [0.25, 0.3) is 0 Å². The van der Waals surface area contributed by atoms with Crippen LogP contribution in [0, 0.1) is 0 Å². The zero-order valence-corrected chi connectivity index (χ0v) is 22.7. The molecule has 0 radical (unpaired) electrons. The van der Waals surface area contributed by atoms with Crippen LogP contribution >= 0.6 is 0 Å². The van der Waals surface area contributed by atoms with E-state index < -0.39 is 0 Å². The van der Waals surface area contributed by atoms with Crippen LogP contribution in [0.4, 0.5) is 5.69 Å². The summed E-state index contributed by atoms with van der Waals surface area (Å²) in [4.78, 5) is 9.73. The average Bonchev–Trinajstić information content (AvgIpc) is 2.92. The smallest absolute Gasteiger partial charge is 0.119 e. The SMILES string of the molecule is CC.CC.CN1CCN(CCCOc2ccccc2)CC1.CN1CCN(c2ccccc2)CC1. The number of rotatable bonds is 6. The van der Waals surface area contributed by atoms with E-state index in [0.29, 0.717) is 0 Å². The molecule has 2 aliphatic heterocycles. The van der Waals surface area contributed by atoms with E-state index in [1.807, 2.05) is 58.0 Å². The maximum absolute atomic E-state index is 5.68. The molecule has 192 valence electrons. The van der Waals surface area contributed by atoms with Crippen molar-refractivity contribution in [1.82, 2.24) is 14.7 Å². The first-order valence-corrected chi connectivity index (χ1v) is 13.3. The summed E-state index contributed by atoms with van der Waals surface area (Å²) in [6.45, 7) is 19.4.